The third kappa shape index (κ3) is 9.80. The van der Waals surface area contributed by atoms with E-state index in [0.717, 1.165) is 31.4 Å². The predicted molar refractivity (Wildman–Crippen MR) is 48.2 cm³/mol. The van der Waals surface area contributed by atoms with Crippen molar-refractivity contribution in [3.05, 3.63) is 0 Å². The summed E-state index contributed by atoms with van der Waals surface area (Å²) >= 11 is 1.31. The molecule has 0 saturated carbocycles. The summed E-state index contributed by atoms with van der Waals surface area (Å²) in [7, 11) is 0. The molecular weight excluding hydrogens is 158 g/mol. The van der Waals surface area contributed by atoms with Crippen LogP contribution in [0.15, 0.2) is 0 Å². The Bertz CT molecular complexity index is 120. The Balaban J connectivity index is 2.86. The minimum absolute atomic E-state index is 0.168. The topological polar surface area (TPSA) is 44.0 Å². The number of thiocyanates is 1. The lowest BCUT2D eigenvalue weighted by Gasteiger charge is -2.01. The van der Waals surface area contributed by atoms with Gasteiger partial charge >= 0.3 is 0 Å². The molecule has 64 valence electrons. The van der Waals surface area contributed by atoms with Gasteiger partial charge in [-0.3, -0.25) is 0 Å². The standard InChI is InChI=1S/C8H15NOS/c1-8(10)5-3-2-4-6-11-7-9/h8,10H,2-6H2,1H3. The lowest BCUT2D eigenvalue weighted by atomic mass is 10.1. The van der Waals surface area contributed by atoms with Gasteiger partial charge in [-0.25, -0.2) is 0 Å². The second-order valence-corrected chi connectivity index (χ2v) is 3.52. The molecule has 0 heterocycles. The molecule has 1 atom stereocenters. The van der Waals surface area contributed by atoms with Crippen LogP contribution in [0.2, 0.25) is 0 Å². The summed E-state index contributed by atoms with van der Waals surface area (Å²) < 4.78 is 0. The molecule has 0 amide bonds. The molecule has 0 aromatic rings. The molecule has 2 nitrogen and oxygen atoms in total. The molecule has 0 radical (unpaired) electrons. The molecule has 0 saturated heterocycles. The van der Waals surface area contributed by atoms with Gasteiger partial charge in [0.1, 0.15) is 5.40 Å². The van der Waals surface area contributed by atoms with Crippen LogP contribution in [0, 0.1) is 10.7 Å². The molecule has 1 N–H and O–H groups in total. The number of aliphatic hydroxyl groups excluding tert-OH is 1. The molecule has 0 spiro atoms. The summed E-state index contributed by atoms with van der Waals surface area (Å²) in [5.74, 6) is 0.927. The van der Waals surface area contributed by atoms with E-state index in [1.807, 2.05) is 12.3 Å². The van der Waals surface area contributed by atoms with Crippen molar-refractivity contribution in [2.75, 3.05) is 5.75 Å². The van der Waals surface area contributed by atoms with Crippen LogP contribution >= 0.6 is 11.8 Å². The summed E-state index contributed by atoms with van der Waals surface area (Å²) in [4.78, 5) is 0. The van der Waals surface area contributed by atoms with Crippen LogP contribution in [0.1, 0.15) is 32.6 Å². The van der Waals surface area contributed by atoms with E-state index in [2.05, 4.69) is 0 Å². The van der Waals surface area contributed by atoms with E-state index in [1.165, 1.54) is 11.8 Å². The van der Waals surface area contributed by atoms with Crippen LogP contribution in [-0.2, 0) is 0 Å². The largest absolute Gasteiger partial charge is 0.393 e. The number of nitrogens with zero attached hydrogens (tertiary/aromatic N) is 1. The average Bonchev–Trinajstić information content (AvgIpc) is 1.96. The van der Waals surface area contributed by atoms with Gasteiger partial charge in [-0.2, -0.15) is 5.26 Å². The Labute approximate surface area is 72.6 Å². The maximum atomic E-state index is 8.90. The van der Waals surface area contributed by atoms with Gasteiger partial charge in [0.15, 0.2) is 0 Å². The Hall–Kier alpha value is -0.200. The van der Waals surface area contributed by atoms with E-state index in [0.29, 0.717) is 0 Å². The number of nitriles is 1. The Morgan fingerprint density at radius 2 is 2.18 bits per heavy atom. The summed E-state index contributed by atoms with van der Waals surface area (Å²) in [6.45, 7) is 1.81. The normalized spacial score (nSPS) is 12.5. The van der Waals surface area contributed by atoms with Crippen LogP contribution in [-0.4, -0.2) is 17.0 Å². The third-order valence-corrected chi connectivity index (χ3v) is 2.05. The SMILES string of the molecule is CC(O)CCCCCSC#N. The molecule has 0 fully saturated rings. The van der Waals surface area contributed by atoms with Crippen molar-refractivity contribution < 1.29 is 5.11 Å². The van der Waals surface area contributed by atoms with Crippen molar-refractivity contribution in [1.82, 2.24) is 0 Å². The molecule has 0 aromatic heterocycles. The predicted octanol–water partition coefficient (Wildman–Crippen LogP) is 2.14. The molecule has 11 heavy (non-hydrogen) atoms. The van der Waals surface area contributed by atoms with Crippen LogP contribution in [0.5, 0.6) is 0 Å². The maximum Gasteiger partial charge on any atom is 0.133 e. The molecule has 0 aliphatic carbocycles. The highest BCUT2D eigenvalue weighted by Crippen LogP contribution is 2.07. The first-order valence-electron chi connectivity index (χ1n) is 3.96. The minimum atomic E-state index is -0.168. The van der Waals surface area contributed by atoms with Crippen LogP contribution < -0.4 is 0 Å². The van der Waals surface area contributed by atoms with Crippen LogP contribution in [0.25, 0.3) is 0 Å². The van der Waals surface area contributed by atoms with Crippen molar-refractivity contribution in [1.29, 1.82) is 5.26 Å². The fraction of sp³-hybridized carbons (Fsp3) is 0.875. The number of unbranched alkanes of at least 4 members (excludes halogenated alkanes) is 2. The highest BCUT2D eigenvalue weighted by atomic mass is 32.2. The Morgan fingerprint density at radius 1 is 1.45 bits per heavy atom. The Kier molecular flexibility index (Phi) is 7.76. The van der Waals surface area contributed by atoms with Gasteiger partial charge in [0.05, 0.1) is 6.10 Å². The van der Waals surface area contributed by atoms with Gasteiger partial charge in [0.25, 0.3) is 0 Å². The van der Waals surface area contributed by atoms with Crippen molar-refractivity contribution in [3.63, 3.8) is 0 Å². The van der Waals surface area contributed by atoms with Crippen molar-refractivity contribution in [3.8, 4) is 5.40 Å². The molecule has 3 heteroatoms. The van der Waals surface area contributed by atoms with Gasteiger partial charge in [0.2, 0.25) is 0 Å². The van der Waals surface area contributed by atoms with Crippen molar-refractivity contribution >= 4 is 11.8 Å². The second kappa shape index (κ2) is 7.90. The fourth-order valence-corrected chi connectivity index (χ4v) is 1.28. The first-order valence-corrected chi connectivity index (χ1v) is 4.95. The van der Waals surface area contributed by atoms with E-state index in [9.17, 15) is 0 Å². The van der Waals surface area contributed by atoms with Crippen molar-refractivity contribution in [2.24, 2.45) is 0 Å². The smallest absolute Gasteiger partial charge is 0.133 e. The number of rotatable bonds is 6. The van der Waals surface area contributed by atoms with Gasteiger partial charge in [-0.05, 0) is 31.5 Å². The number of hydrogen-bond donors (Lipinski definition) is 1. The van der Waals surface area contributed by atoms with E-state index < -0.39 is 0 Å². The van der Waals surface area contributed by atoms with Crippen molar-refractivity contribution in [2.45, 2.75) is 38.7 Å². The van der Waals surface area contributed by atoms with E-state index in [4.69, 9.17) is 10.4 Å². The minimum Gasteiger partial charge on any atom is -0.393 e. The van der Waals surface area contributed by atoms with E-state index in [1.54, 1.807) is 0 Å². The van der Waals surface area contributed by atoms with E-state index >= 15 is 0 Å². The highest BCUT2D eigenvalue weighted by molar-refractivity contribution is 8.03. The molecule has 0 aromatic carbocycles. The van der Waals surface area contributed by atoms with Gasteiger partial charge in [-0.15, -0.1) is 0 Å². The zero-order chi connectivity index (χ0) is 8.53. The quantitative estimate of drug-likeness (QED) is 0.494. The molecular formula is C8H15NOS. The second-order valence-electron chi connectivity index (χ2n) is 2.64. The first-order chi connectivity index (χ1) is 5.27. The fourth-order valence-electron chi connectivity index (χ4n) is 0.836. The number of thioether (sulfide) groups is 1. The molecule has 0 aliphatic rings. The Morgan fingerprint density at radius 3 is 2.73 bits per heavy atom. The maximum absolute atomic E-state index is 8.90. The average molecular weight is 173 g/mol. The molecule has 1 unspecified atom stereocenters. The first kappa shape index (κ1) is 10.8. The van der Waals surface area contributed by atoms with Gasteiger partial charge < -0.3 is 5.11 Å². The zero-order valence-electron chi connectivity index (χ0n) is 6.92. The highest BCUT2D eigenvalue weighted by Gasteiger charge is 1.94. The monoisotopic (exact) mass is 173 g/mol. The molecule has 0 rings (SSSR count). The van der Waals surface area contributed by atoms with Crippen LogP contribution in [0.3, 0.4) is 0 Å². The zero-order valence-corrected chi connectivity index (χ0v) is 7.73. The van der Waals surface area contributed by atoms with Crippen LogP contribution in [0.4, 0.5) is 0 Å². The molecule has 0 bridgehead atoms. The van der Waals surface area contributed by atoms with E-state index in [-0.39, 0.29) is 6.10 Å². The summed E-state index contributed by atoms with van der Waals surface area (Å²) in [6, 6.07) is 0. The molecule has 0 aliphatic heterocycles. The summed E-state index contributed by atoms with van der Waals surface area (Å²) in [6.07, 6.45) is 4.00. The summed E-state index contributed by atoms with van der Waals surface area (Å²) in [5, 5.41) is 19.1. The van der Waals surface area contributed by atoms with Gasteiger partial charge in [-0.1, -0.05) is 12.8 Å². The lowest BCUT2D eigenvalue weighted by Crippen LogP contribution is -1.98. The summed E-state index contributed by atoms with van der Waals surface area (Å²) in [5.41, 5.74) is 0. The number of hydrogen-bond acceptors (Lipinski definition) is 3. The van der Waals surface area contributed by atoms with Gasteiger partial charge in [0, 0.05) is 5.75 Å². The lowest BCUT2D eigenvalue weighted by molar-refractivity contribution is 0.180. The third-order valence-electron chi connectivity index (χ3n) is 1.43. The number of aliphatic hydroxyl groups is 1.